The van der Waals surface area contributed by atoms with E-state index in [2.05, 4.69) is 5.32 Å². The molecule has 138 valence electrons. The lowest BCUT2D eigenvalue weighted by Gasteiger charge is -2.29. The van der Waals surface area contributed by atoms with Gasteiger partial charge in [0.15, 0.2) is 0 Å². The number of carbonyl (C=O) groups is 2. The van der Waals surface area contributed by atoms with Crippen LogP contribution in [0.25, 0.3) is 0 Å². The van der Waals surface area contributed by atoms with Gasteiger partial charge in [-0.1, -0.05) is 41.9 Å². The smallest absolute Gasteiger partial charge is 0.244 e. The Bertz CT molecular complexity index is 752. The van der Waals surface area contributed by atoms with Crippen molar-refractivity contribution in [3.63, 3.8) is 0 Å². The summed E-state index contributed by atoms with van der Waals surface area (Å²) >= 11 is 6.06. The average molecular weight is 374 g/mol. The quantitative estimate of drug-likeness (QED) is 0.805. The Balaban J connectivity index is 1.99. The molecule has 0 saturated heterocycles. The summed E-state index contributed by atoms with van der Waals surface area (Å²) in [6.45, 7) is 4.38. The van der Waals surface area contributed by atoms with E-state index >= 15 is 0 Å². The first-order valence-electron chi connectivity index (χ1n) is 8.55. The molecule has 2 amide bonds. The SMILES string of the molecule is CCN(C(=O)[C@H](C)N(C)CC(=O)Nc1ccccc1Cl)c1ccccc1. The molecule has 0 saturated carbocycles. The second-order valence-corrected chi connectivity index (χ2v) is 6.44. The number of nitrogens with one attached hydrogen (secondary N) is 1. The molecule has 0 aliphatic heterocycles. The Morgan fingerprint density at radius 2 is 1.69 bits per heavy atom. The molecule has 0 radical (unpaired) electrons. The van der Waals surface area contributed by atoms with Gasteiger partial charge in [-0.15, -0.1) is 0 Å². The van der Waals surface area contributed by atoms with Crippen LogP contribution in [0, 0.1) is 0 Å². The highest BCUT2D eigenvalue weighted by Gasteiger charge is 2.25. The van der Waals surface area contributed by atoms with Gasteiger partial charge in [0, 0.05) is 12.2 Å². The maximum Gasteiger partial charge on any atom is 0.244 e. The normalized spacial score (nSPS) is 11.9. The number of hydrogen-bond acceptors (Lipinski definition) is 3. The molecule has 0 heterocycles. The summed E-state index contributed by atoms with van der Waals surface area (Å²) in [6, 6.07) is 16.1. The maximum atomic E-state index is 12.8. The van der Waals surface area contributed by atoms with E-state index in [1.54, 1.807) is 48.0 Å². The van der Waals surface area contributed by atoms with E-state index in [1.165, 1.54) is 0 Å². The summed E-state index contributed by atoms with van der Waals surface area (Å²) < 4.78 is 0. The molecule has 1 atom stereocenters. The Kier molecular flexibility index (Phi) is 7.18. The van der Waals surface area contributed by atoms with Crippen molar-refractivity contribution in [1.82, 2.24) is 4.90 Å². The van der Waals surface area contributed by atoms with Gasteiger partial charge in [-0.2, -0.15) is 0 Å². The zero-order valence-corrected chi connectivity index (χ0v) is 16.0. The van der Waals surface area contributed by atoms with Gasteiger partial charge >= 0.3 is 0 Å². The van der Waals surface area contributed by atoms with Crippen LogP contribution >= 0.6 is 11.6 Å². The molecule has 0 aliphatic rings. The number of carbonyl (C=O) groups excluding carboxylic acids is 2. The number of hydrogen-bond donors (Lipinski definition) is 1. The summed E-state index contributed by atoms with van der Waals surface area (Å²) in [5.74, 6) is -0.269. The minimum atomic E-state index is -0.438. The molecule has 0 spiro atoms. The number of benzene rings is 2. The highest BCUT2D eigenvalue weighted by molar-refractivity contribution is 6.33. The van der Waals surface area contributed by atoms with Crippen molar-refractivity contribution in [2.75, 3.05) is 30.4 Å². The van der Waals surface area contributed by atoms with Crippen LogP contribution < -0.4 is 10.2 Å². The summed E-state index contributed by atoms with van der Waals surface area (Å²) in [7, 11) is 1.76. The third kappa shape index (κ3) is 5.07. The molecule has 2 aromatic rings. The van der Waals surface area contributed by atoms with Crippen molar-refractivity contribution in [3.05, 3.63) is 59.6 Å². The van der Waals surface area contributed by atoms with Gasteiger partial charge in [0.25, 0.3) is 0 Å². The first-order chi connectivity index (χ1) is 12.4. The topological polar surface area (TPSA) is 52.7 Å². The van der Waals surface area contributed by atoms with Crippen LogP contribution in [0.3, 0.4) is 0 Å². The zero-order chi connectivity index (χ0) is 19.1. The predicted octanol–water partition coefficient (Wildman–Crippen LogP) is 3.65. The molecule has 1 N–H and O–H groups in total. The molecule has 0 unspecified atom stereocenters. The number of nitrogens with zero attached hydrogens (tertiary/aromatic N) is 2. The third-order valence-corrected chi connectivity index (χ3v) is 4.54. The first-order valence-corrected chi connectivity index (χ1v) is 8.92. The predicted molar refractivity (Wildman–Crippen MR) is 107 cm³/mol. The molecule has 0 fully saturated rings. The average Bonchev–Trinajstić information content (AvgIpc) is 2.64. The summed E-state index contributed by atoms with van der Waals surface area (Å²) in [5.41, 5.74) is 1.41. The van der Waals surface area contributed by atoms with Gasteiger partial charge < -0.3 is 10.2 Å². The number of rotatable bonds is 7. The molecule has 2 aromatic carbocycles. The van der Waals surface area contributed by atoms with Gasteiger partial charge in [0.2, 0.25) is 11.8 Å². The van der Waals surface area contributed by atoms with Crippen molar-refractivity contribution < 1.29 is 9.59 Å². The Morgan fingerprint density at radius 3 is 2.31 bits per heavy atom. The van der Waals surface area contributed by atoms with E-state index < -0.39 is 6.04 Å². The molecule has 0 bridgehead atoms. The minimum Gasteiger partial charge on any atom is -0.324 e. The molecular formula is C20H24ClN3O2. The summed E-state index contributed by atoms with van der Waals surface area (Å²) in [4.78, 5) is 28.6. The van der Waals surface area contributed by atoms with Crippen molar-refractivity contribution in [2.45, 2.75) is 19.9 Å². The number of para-hydroxylation sites is 2. The van der Waals surface area contributed by atoms with Crippen LogP contribution in [-0.2, 0) is 9.59 Å². The largest absolute Gasteiger partial charge is 0.324 e. The van der Waals surface area contributed by atoms with Crippen molar-refractivity contribution >= 4 is 34.8 Å². The zero-order valence-electron chi connectivity index (χ0n) is 15.3. The monoisotopic (exact) mass is 373 g/mol. The maximum absolute atomic E-state index is 12.8. The molecule has 0 aliphatic carbocycles. The number of likely N-dealkylation sites (N-methyl/N-ethyl adjacent to an activating group) is 2. The van der Waals surface area contributed by atoms with Crippen molar-refractivity contribution in [3.8, 4) is 0 Å². The Labute approximate surface area is 159 Å². The molecule has 2 rings (SSSR count). The van der Waals surface area contributed by atoms with E-state index in [-0.39, 0.29) is 18.4 Å². The van der Waals surface area contributed by atoms with Gasteiger partial charge in [0.1, 0.15) is 0 Å². The summed E-state index contributed by atoms with van der Waals surface area (Å²) in [6.07, 6.45) is 0. The van der Waals surface area contributed by atoms with Gasteiger partial charge in [0.05, 0.1) is 23.3 Å². The lowest BCUT2D eigenvalue weighted by atomic mass is 10.2. The van der Waals surface area contributed by atoms with Crippen LogP contribution in [0.4, 0.5) is 11.4 Å². The van der Waals surface area contributed by atoms with Gasteiger partial charge in [-0.25, -0.2) is 0 Å². The fraction of sp³-hybridized carbons (Fsp3) is 0.300. The minimum absolute atomic E-state index is 0.0493. The van der Waals surface area contributed by atoms with Crippen LogP contribution in [0.2, 0.25) is 5.02 Å². The molecule has 5 nitrogen and oxygen atoms in total. The highest BCUT2D eigenvalue weighted by atomic mass is 35.5. The third-order valence-electron chi connectivity index (χ3n) is 4.21. The van der Waals surface area contributed by atoms with Crippen LogP contribution in [0.5, 0.6) is 0 Å². The van der Waals surface area contributed by atoms with E-state index in [4.69, 9.17) is 11.6 Å². The Morgan fingerprint density at radius 1 is 1.08 bits per heavy atom. The first kappa shape index (κ1) is 19.9. The lowest BCUT2D eigenvalue weighted by molar-refractivity contribution is -0.124. The van der Waals surface area contributed by atoms with Crippen LogP contribution in [0.15, 0.2) is 54.6 Å². The van der Waals surface area contributed by atoms with Gasteiger partial charge in [-0.3, -0.25) is 14.5 Å². The van der Waals surface area contributed by atoms with E-state index in [0.717, 1.165) is 5.69 Å². The number of amides is 2. The second kappa shape index (κ2) is 9.36. The Hall–Kier alpha value is -2.37. The van der Waals surface area contributed by atoms with Gasteiger partial charge in [-0.05, 0) is 45.2 Å². The molecule has 6 heteroatoms. The number of halogens is 1. The van der Waals surface area contributed by atoms with Crippen molar-refractivity contribution in [1.29, 1.82) is 0 Å². The fourth-order valence-electron chi connectivity index (χ4n) is 2.60. The molecular weight excluding hydrogens is 350 g/mol. The highest BCUT2D eigenvalue weighted by Crippen LogP contribution is 2.20. The second-order valence-electron chi connectivity index (χ2n) is 6.04. The molecule has 26 heavy (non-hydrogen) atoms. The van der Waals surface area contributed by atoms with E-state index in [0.29, 0.717) is 17.3 Å². The van der Waals surface area contributed by atoms with Crippen LogP contribution in [-0.4, -0.2) is 42.9 Å². The number of anilines is 2. The standard InChI is InChI=1S/C20H24ClN3O2/c1-4-24(16-10-6-5-7-11-16)20(26)15(2)23(3)14-19(25)22-18-13-9-8-12-17(18)21/h5-13,15H,4,14H2,1-3H3,(H,22,25)/t15-/m0/s1. The fourth-order valence-corrected chi connectivity index (χ4v) is 2.79. The van der Waals surface area contributed by atoms with E-state index in [9.17, 15) is 9.59 Å². The van der Waals surface area contributed by atoms with Crippen LogP contribution in [0.1, 0.15) is 13.8 Å². The van der Waals surface area contributed by atoms with Crippen molar-refractivity contribution in [2.24, 2.45) is 0 Å². The summed E-state index contributed by atoms with van der Waals surface area (Å²) in [5, 5.41) is 3.25. The molecule has 0 aromatic heterocycles. The van der Waals surface area contributed by atoms with E-state index in [1.807, 2.05) is 37.3 Å². The lowest BCUT2D eigenvalue weighted by Crippen LogP contribution is -2.48.